The van der Waals surface area contributed by atoms with E-state index in [-0.39, 0.29) is 16.2 Å². The highest BCUT2D eigenvalue weighted by molar-refractivity contribution is 5.61. The second kappa shape index (κ2) is 7.80. The quantitative estimate of drug-likeness (QED) is 0.537. The molecule has 0 spiro atoms. The molecule has 1 aromatic carbocycles. The van der Waals surface area contributed by atoms with E-state index in [1.165, 1.54) is 35.1 Å². The predicted octanol–water partition coefficient (Wildman–Crippen LogP) is 8.06. The molecule has 0 amide bonds. The summed E-state index contributed by atoms with van der Waals surface area (Å²) in [6.45, 7) is 22.4. The summed E-state index contributed by atoms with van der Waals surface area (Å²) in [5.41, 5.74) is 8.21. The van der Waals surface area contributed by atoms with Gasteiger partial charge in [0.15, 0.2) is 0 Å². The summed E-state index contributed by atoms with van der Waals surface area (Å²) in [5.74, 6) is 0.649. The maximum Gasteiger partial charge on any atom is 0.119 e. The van der Waals surface area contributed by atoms with Gasteiger partial charge in [-0.15, -0.1) is 0 Å². The molecule has 1 aromatic rings. The minimum atomic E-state index is 0.0730. The molecule has 2 heteroatoms. The number of nitrogens with one attached hydrogen (secondary N) is 1. The highest BCUT2D eigenvalue weighted by Gasteiger charge is 2.37. The number of ether oxygens (including phenoxy) is 1. The predicted molar refractivity (Wildman–Crippen MR) is 130 cm³/mol. The van der Waals surface area contributed by atoms with Crippen LogP contribution >= 0.6 is 0 Å². The van der Waals surface area contributed by atoms with Crippen LogP contribution in [0.25, 0.3) is 0 Å². The molecule has 0 atom stereocenters. The molecule has 2 nitrogen and oxygen atoms in total. The normalized spacial score (nSPS) is 25.3. The van der Waals surface area contributed by atoms with Crippen molar-refractivity contribution in [1.29, 1.82) is 0 Å². The number of rotatable bonds is 2. The molecule has 0 saturated carbocycles. The summed E-state index contributed by atoms with van der Waals surface area (Å²) in [5, 5.41) is 3.68. The van der Waals surface area contributed by atoms with Gasteiger partial charge < -0.3 is 10.1 Å². The summed E-state index contributed by atoms with van der Waals surface area (Å²) in [4.78, 5) is 0. The lowest BCUT2D eigenvalue weighted by atomic mass is 9.63. The van der Waals surface area contributed by atoms with E-state index in [0.29, 0.717) is 5.76 Å². The average molecular weight is 406 g/mol. The lowest BCUT2D eigenvalue weighted by Gasteiger charge is -2.42. The molecule has 0 unspecified atom stereocenters. The van der Waals surface area contributed by atoms with E-state index < -0.39 is 0 Å². The molecule has 0 bridgehead atoms. The van der Waals surface area contributed by atoms with Crippen LogP contribution in [-0.4, -0.2) is 0 Å². The van der Waals surface area contributed by atoms with Crippen molar-refractivity contribution in [2.45, 2.75) is 85.5 Å². The van der Waals surface area contributed by atoms with Gasteiger partial charge in [0.05, 0.1) is 5.70 Å². The van der Waals surface area contributed by atoms with Crippen molar-refractivity contribution in [3.8, 4) is 0 Å². The monoisotopic (exact) mass is 405 g/mol. The standard InChI is InChI=1S/C28H39NO/c1-19-16-23-24(28(8,9)15-14-27(23,6)7)17-25(19)29-22-13-12-21(26(3,4)5)11-10-20(2)30-18-22/h10-12,16-18,29H,2,13-15H2,1,3-9H3/b11-10-,21-12+,22-18+. The zero-order valence-electron chi connectivity index (χ0n) is 20.2. The number of fused-ring (bicyclic) bond motifs is 1. The van der Waals surface area contributed by atoms with Gasteiger partial charge in [-0.05, 0) is 70.4 Å². The Morgan fingerprint density at radius 1 is 0.967 bits per heavy atom. The van der Waals surface area contributed by atoms with Crippen LogP contribution in [0.4, 0.5) is 5.69 Å². The largest absolute Gasteiger partial charge is 0.464 e. The lowest BCUT2D eigenvalue weighted by Crippen LogP contribution is -2.34. The minimum Gasteiger partial charge on any atom is -0.464 e. The van der Waals surface area contributed by atoms with E-state index in [2.05, 4.69) is 91.6 Å². The Bertz CT molecular complexity index is 932. The third-order valence-electron chi connectivity index (χ3n) is 6.70. The minimum absolute atomic E-state index is 0.0730. The summed E-state index contributed by atoms with van der Waals surface area (Å²) in [6.07, 6.45) is 11.4. The molecule has 1 heterocycles. The van der Waals surface area contributed by atoms with Crippen molar-refractivity contribution in [3.63, 3.8) is 0 Å². The summed E-state index contributed by atoms with van der Waals surface area (Å²) in [6, 6.07) is 4.77. The van der Waals surface area contributed by atoms with E-state index in [9.17, 15) is 0 Å². The van der Waals surface area contributed by atoms with Gasteiger partial charge >= 0.3 is 0 Å². The Morgan fingerprint density at radius 2 is 1.57 bits per heavy atom. The summed E-state index contributed by atoms with van der Waals surface area (Å²) >= 11 is 0. The Balaban J connectivity index is 1.98. The number of hydrogen-bond acceptors (Lipinski definition) is 2. The van der Waals surface area contributed by atoms with Gasteiger partial charge in [0.1, 0.15) is 12.0 Å². The van der Waals surface area contributed by atoms with Crippen LogP contribution < -0.4 is 5.32 Å². The van der Waals surface area contributed by atoms with Gasteiger partial charge in [-0.3, -0.25) is 0 Å². The molecule has 0 aromatic heterocycles. The smallest absolute Gasteiger partial charge is 0.119 e. The summed E-state index contributed by atoms with van der Waals surface area (Å²) in [7, 11) is 0. The molecule has 162 valence electrons. The van der Waals surface area contributed by atoms with Crippen LogP contribution in [0.2, 0.25) is 0 Å². The molecular weight excluding hydrogens is 366 g/mol. The second-order valence-electron chi connectivity index (χ2n) is 11.3. The second-order valence-corrected chi connectivity index (χ2v) is 11.3. The third-order valence-corrected chi connectivity index (χ3v) is 6.70. The highest BCUT2D eigenvalue weighted by Crippen LogP contribution is 2.47. The zero-order valence-corrected chi connectivity index (χ0v) is 20.2. The van der Waals surface area contributed by atoms with Crippen molar-refractivity contribution in [1.82, 2.24) is 0 Å². The molecular formula is C28H39NO. The highest BCUT2D eigenvalue weighted by atomic mass is 16.5. The molecule has 30 heavy (non-hydrogen) atoms. The molecule has 0 radical (unpaired) electrons. The number of aryl methyl sites for hydroxylation is 1. The molecule has 3 rings (SSSR count). The summed E-state index contributed by atoms with van der Waals surface area (Å²) < 4.78 is 5.80. The fourth-order valence-electron chi connectivity index (χ4n) is 4.37. The topological polar surface area (TPSA) is 21.3 Å². The maximum atomic E-state index is 5.80. The number of benzene rings is 1. The van der Waals surface area contributed by atoms with Crippen molar-refractivity contribution >= 4 is 5.69 Å². The van der Waals surface area contributed by atoms with Gasteiger partial charge in [0.2, 0.25) is 0 Å². The Hall–Kier alpha value is -2.22. The Kier molecular flexibility index (Phi) is 5.84. The van der Waals surface area contributed by atoms with Crippen LogP contribution in [0.1, 0.15) is 84.4 Å². The fourth-order valence-corrected chi connectivity index (χ4v) is 4.37. The SMILES string of the molecule is C=C1/C=C\C(C(C)(C)C)=C/C/C(Nc2cc3c(cc2C)C(C)(C)CCC3(C)C)=C\O1. The molecule has 1 aliphatic carbocycles. The first kappa shape index (κ1) is 22.5. The molecule has 1 N–H and O–H groups in total. The van der Waals surface area contributed by atoms with Crippen molar-refractivity contribution in [3.05, 3.63) is 76.9 Å². The maximum absolute atomic E-state index is 5.80. The van der Waals surface area contributed by atoms with Crippen LogP contribution in [0.3, 0.4) is 0 Å². The van der Waals surface area contributed by atoms with E-state index in [1.807, 2.05) is 12.3 Å². The van der Waals surface area contributed by atoms with Gasteiger partial charge in [0.25, 0.3) is 0 Å². The Morgan fingerprint density at radius 3 is 2.17 bits per heavy atom. The van der Waals surface area contributed by atoms with Gasteiger partial charge in [-0.1, -0.05) is 73.3 Å². The van der Waals surface area contributed by atoms with Crippen molar-refractivity contribution in [2.75, 3.05) is 5.32 Å². The van der Waals surface area contributed by atoms with Gasteiger partial charge in [0, 0.05) is 12.1 Å². The van der Waals surface area contributed by atoms with E-state index in [4.69, 9.17) is 4.74 Å². The molecule has 0 saturated heterocycles. The van der Waals surface area contributed by atoms with E-state index >= 15 is 0 Å². The first-order valence-electron chi connectivity index (χ1n) is 11.2. The molecule has 0 fully saturated rings. The van der Waals surface area contributed by atoms with Crippen LogP contribution in [0, 0.1) is 12.3 Å². The van der Waals surface area contributed by atoms with Crippen LogP contribution in [0.5, 0.6) is 0 Å². The van der Waals surface area contributed by atoms with Crippen LogP contribution in [0.15, 0.2) is 60.2 Å². The first-order valence-corrected chi connectivity index (χ1v) is 11.2. The van der Waals surface area contributed by atoms with Crippen LogP contribution in [-0.2, 0) is 15.6 Å². The average Bonchev–Trinajstić information content (AvgIpc) is 2.71. The first-order chi connectivity index (χ1) is 13.8. The van der Waals surface area contributed by atoms with E-state index in [0.717, 1.165) is 17.8 Å². The number of hydrogen-bond donors (Lipinski definition) is 1. The van der Waals surface area contributed by atoms with E-state index in [1.54, 1.807) is 0 Å². The zero-order chi connectivity index (χ0) is 22.3. The number of allylic oxidation sites excluding steroid dienone is 4. The Labute approximate surface area is 183 Å². The fraction of sp³-hybridized carbons (Fsp3) is 0.500. The number of anilines is 1. The van der Waals surface area contributed by atoms with Crippen molar-refractivity contribution in [2.24, 2.45) is 5.41 Å². The van der Waals surface area contributed by atoms with Gasteiger partial charge in [-0.25, -0.2) is 0 Å². The van der Waals surface area contributed by atoms with Crippen molar-refractivity contribution < 1.29 is 4.74 Å². The molecule has 1 aliphatic heterocycles. The van der Waals surface area contributed by atoms with Gasteiger partial charge in [-0.2, -0.15) is 0 Å². The third kappa shape index (κ3) is 4.74. The molecule has 2 aliphatic rings. The lowest BCUT2D eigenvalue weighted by molar-refractivity contribution is 0.332.